The lowest BCUT2D eigenvalue weighted by Crippen LogP contribution is -2.60. The third kappa shape index (κ3) is 4.55. The maximum atomic E-state index is 16.9. The van der Waals surface area contributed by atoms with Gasteiger partial charge in [0.15, 0.2) is 5.82 Å². The number of aromatic hydroxyl groups is 1. The molecule has 0 saturated carbocycles. The first-order valence-electron chi connectivity index (χ1n) is 15.4. The number of hydrogen-bond donors (Lipinski definition) is 2. The van der Waals surface area contributed by atoms with E-state index in [0.717, 1.165) is 25.8 Å². The fourth-order valence-corrected chi connectivity index (χ4v) is 8.09. The molecule has 6 heterocycles. The molecule has 4 aromatic rings. The molecule has 3 saturated heterocycles. The van der Waals surface area contributed by atoms with Crippen molar-refractivity contribution >= 4 is 39.1 Å². The van der Waals surface area contributed by atoms with Gasteiger partial charge in [-0.25, -0.2) is 18.2 Å². The molecular weight excluding hydrogens is 609 g/mol. The molecule has 45 heavy (non-hydrogen) atoms. The normalized spacial score (nSPS) is 26.2. The average Bonchev–Trinajstić information content (AvgIpc) is 3.50. The number of rotatable bonds is 5. The van der Waals surface area contributed by atoms with Crippen molar-refractivity contribution in [2.75, 3.05) is 44.3 Å². The van der Waals surface area contributed by atoms with Crippen LogP contribution in [0.5, 0.6) is 17.6 Å². The first-order valence-corrected chi connectivity index (χ1v) is 15.8. The molecule has 4 aliphatic heterocycles. The van der Waals surface area contributed by atoms with Crippen LogP contribution >= 0.6 is 11.6 Å². The van der Waals surface area contributed by atoms with Gasteiger partial charge >= 0.3 is 6.01 Å². The van der Waals surface area contributed by atoms with Crippen molar-refractivity contribution < 1.29 is 27.8 Å². The number of halogens is 4. The SMILES string of the molecule is CC[C@@H]1NCCN2c3nc(OC[C@@]45CCCN4C[C@H](F)C5)nc4c(F)c(-c5cc(O)cc6ccc(F)c(Cl)c56)nc(c34)OC[C@H]12. The van der Waals surface area contributed by atoms with Crippen molar-refractivity contribution in [2.24, 2.45) is 0 Å². The molecule has 3 fully saturated rings. The van der Waals surface area contributed by atoms with Gasteiger partial charge in [0.25, 0.3) is 0 Å². The van der Waals surface area contributed by atoms with Gasteiger partial charge in [0, 0.05) is 43.0 Å². The minimum Gasteiger partial charge on any atom is -0.508 e. The molecule has 8 rings (SSSR count). The van der Waals surface area contributed by atoms with Crippen LogP contribution in [0, 0.1) is 11.6 Å². The van der Waals surface area contributed by atoms with Crippen molar-refractivity contribution in [1.29, 1.82) is 0 Å². The summed E-state index contributed by atoms with van der Waals surface area (Å²) in [6.45, 7) is 4.97. The van der Waals surface area contributed by atoms with Gasteiger partial charge in [0.2, 0.25) is 5.88 Å². The Morgan fingerprint density at radius 1 is 1.18 bits per heavy atom. The molecular formula is C32H32ClF3N6O3. The molecule has 0 unspecified atom stereocenters. The maximum Gasteiger partial charge on any atom is 0.319 e. The van der Waals surface area contributed by atoms with E-state index in [0.29, 0.717) is 42.6 Å². The lowest BCUT2D eigenvalue weighted by Gasteiger charge is -2.41. The lowest BCUT2D eigenvalue weighted by atomic mass is 9.95. The highest BCUT2D eigenvalue weighted by molar-refractivity contribution is 6.37. The lowest BCUT2D eigenvalue weighted by molar-refractivity contribution is 0.107. The van der Waals surface area contributed by atoms with Crippen molar-refractivity contribution in [2.45, 2.75) is 56.4 Å². The molecule has 4 atom stereocenters. The Morgan fingerprint density at radius 3 is 2.89 bits per heavy atom. The van der Waals surface area contributed by atoms with Gasteiger partial charge in [-0.05, 0) is 49.4 Å². The molecule has 0 spiro atoms. The van der Waals surface area contributed by atoms with Gasteiger partial charge < -0.3 is 24.8 Å². The Bertz CT molecular complexity index is 1850. The van der Waals surface area contributed by atoms with E-state index in [1.165, 1.54) is 24.3 Å². The molecule has 0 aliphatic carbocycles. The first-order chi connectivity index (χ1) is 21.8. The second-order valence-corrected chi connectivity index (χ2v) is 12.9. The Hall–Kier alpha value is -3.61. The van der Waals surface area contributed by atoms with E-state index < -0.39 is 23.3 Å². The van der Waals surface area contributed by atoms with Crippen molar-refractivity contribution in [1.82, 2.24) is 25.2 Å². The van der Waals surface area contributed by atoms with Crippen molar-refractivity contribution in [3.63, 3.8) is 0 Å². The van der Waals surface area contributed by atoms with Gasteiger partial charge in [0.1, 0.15) is 53.4 Å². The molecule has 0 amide bonds. The average molecular weight is 641 g/mol. The minimum absolute atomic E-state index is 0.0277. The molecule has 2 aromatic heterocycles. The highest BCUT2D eigenvalue weighted by atomic mass is 35.5. The number of phenolic OH excluding ortho intramolecular Hbond substituents is 1. The number of benzene rings is 2. The van der Waals surface area contributed by atoms with Gasteiger partial charge in [-0.2, -0.15) is 9.97 Å². The van der Waals surface area contributed by atoms with Gasteiger partial charge in [-0.15, -0.1) is 0 Å². The largest absolute Gasteiger partial charge is 0.508 e. The molecule has 2 aromatic carbocycles. The molecule has 13 heteroatoms. The minimum atomic E-state index is -0.928. The van der Waals surface area contributed by atoms with E-state index in [-0.39, 0.29) is 70.1 Å². The second-order valence-electron chi connectivity index (χ2n) is 12.5. The zero-order chi connectivity index (χ0) is 31.0. The predicted octanol–water partition coefficient (Wildman–Crippen LogP) is 5.39. The van der Waals surface area contributed by atoms with Gasteiger partial charge in [-0.1, -0.05) is 24.6 Å². The Labute approximate surface area is 262 Å². The number of anilines is 1. The summed E-state index contributed by atoms with van der Waals surface area (Å²) in [5.74, 6) is -1.11. The van der Waals surface area contributed by atoms with Crippen molar-refractivity contribution in [3.8, 4) is 28.9 Å². The van der Waals surface area contributed by atoms with Crippen LogP contribution in [-0.2, 0) is 0 Å². The highest BCUT2D eigenvalue weighted by Crippen LogP contribution is 2.45. The summed E-state index contributed by atoms with van der Waals surface area (Å²) in [6.07, 6.45) is 2.02. The fraction of sp³-hybridized carbons (Fsp3) is 0.469. The maximum absolute atomic E-state index is 16.9. The predicted molar refractivity (Wildman–Crippen MR) is 164 cm³/mol. The number of ether oxygens (including phenoxy) is 2. The van der Waals surface area contributed by atoms with E-state index in [9.17, 15) is 13.9 Å². The van der Waals surface area contributed by atoms with Gasteiger partial charge in [-0.3, -0.25) is 4.90 Å². The number of fused-ring (bicyclic) bond motifs is 4. The van der Waals surface area contributed by atoms with Crippen LogP contribution in [0.15, 0.2) is 24.3 Å². The monoisotopic (exact) mass is 640 g/mol. The second kappa shape index (κ2) is 10.7. The van der Waals surface area contributed by atoms with E-state index >= 15 is 4.39 Å². The van der Waals surface area contributed by atoms with E-state index in [1.54, 1.807) is 0 Å². The number of pyridine rings is 1. The summed E-state index contributed by atoms with van der Waals surface area (Å²) in [6, 6.07) is 5.29. The molecule has 0 bridgehead atoms. The van der Waals surface area contributed by atoms with E-state index in [2.05, 4.69) is 32.0 Å². The smallest absolute Gasteiger partial charge is 0.319 e. The number of piperazine rings is 1. The van der Waals surface area contributed by atoms with Crippen LogP contribution in [0.1, 0.15) is 32.6 Å². The zero-order valence-electron chi connectivity index (χ0n) is 24.6. The number of nitrogens with one attached hydrogen (secondary N) is 1. The van der Waals surface area contributed by atoms with Crippen LogP contribution in [0.3, 0.4) is 0 Å². The number of aromatic nitrogens is 3. The van der Waals surface area contributed by atoms with E-state index in [4.69, 9.17) is 26.1 Å². The quantitative estimate of drug-likeness (QED) is 0.298. The molecule has 0 radical (unpaired) electrons. The van der Waals surface area contributed by atoms with Crippen LogP contribution < -0.4 is 19.7 Å². The number of nitrogens with zero attached hydrogens (tertiary/aromatic N) is 5. The third-order valence-electron chi connectivity index (χ3n) is 9.92. The first kappa shape index (κ1) is 28.8. The van der Waals surface area contributed by atoms with Crippen molar-refractivity contribution in [3.05, 3.63) is 40.9 Å². The summed E-state index contributed by atoms with van der Waals surface area (Å²) in [5.41, 5.74) is -0.647. The zero-order valence-corrected chi connectivity index (χ0v) is 25.4. The van der Waals surface area contributed by atoms with Crippen LogP contribution in [0.2, 0.25) is 5.02 Å². The summed E-state index contributed by atoms with van der Waals surface area (Å²) < 4.78 is 58.6. The number of alkyl halides is 1. The Balaban J connectivity index is 1.32. The molecule has 4 aliphatic rings. The topological polar surface area (TPSA) is 95.9 Å². The van der Waals surface area contributed by atoms with E-state index in [1.807, 2.05) is 0 Å². The summed E-state index contributed by atoms with van der Waals surface area (Å²) >= 11 is 6.41. The van der Waals surface area contributed by atoms with Gasteiger partial charge in [0.05, 0.1) is 16.6 Å². The van der Waals surface area contributed by atoms with Crippen LogP contribution in [0.25, 0.3) is 32.9 Å². The number of hydrogen-bond acceptors (Lipinski definition) is 9. The Morgan fingerprint density at radius 2 is 2.04 bits per heavy atom. The van der Waals surface area contributed by atoms with Crippen LogP contribution in [-0.4, -0.2) is 88.1 Å². The Kier molecular flexibility index (Phi) is 6.88. The summed E-state index contributed by atoms with van der Waals surface area (Å²) in [5, 5.41) is 14.8. The summed E-state index contributed by atoms with van der Waals surface area (Å²) in [4.78, 5) is 18.2. The van der Waals surface area contributed by atoms with Crippen LogP contribution in [0.4, 0.5) is 19.0 Å². The standard InChI is InChI=1S/C32H32ClF3N6O3/c1-2-21-22-14-44-30-24-28(26(36)27(38-30)19-11-18(43)10-16-4-5-20(35)25(33)23(16)19)39-31(40-29(24)42(22)9-7-37-21)45-15-32-6-3-8-41(32)13-17(34)12-32/h4-5,10-11,17,21-22,37,43H,2-3,6-9,12-15H2,1H3/t17-,21+,22-,32+/m1/s1. The molecule has 2 N–H and O–H groups in total. The molecule has 236 valence electrons. The third-order valence-corrected chi connectivity index (χ3v) is 10.3. The highest BCUT2D eigenvalue weighted by Gasteiger charge is 2.49. The molecule has 9 nitrogen and oxygen atoms in total. The number of phenols is 1. The fourth-order valence-electron chi connectivity index (χ4n) is 7.81. The summed E-state index contributed by atoms with van der Waals surface area (Å²) in [7, 11) is 0.